The molecule has 0 saturated carbocycles. The average Bonchev–Trinajstić information content (AvgIpc) is 3.41. The van der Waals surface area contributed by atoms with E-state index in [4.69, 9.17) is 14.2 Å². The molecule has 0 aromatic heterocycles. The first kappa shape index (κ1) is 80.1. The van der Waals surface area contributed by atoms with Crippen LogP contribution in [0.1, 0.15) is 373 Å². The Balaban J connectivity index is 6.09. The highest BCUT2D eigenvalue weighted by Crippen LogP contribution is 2.39. The van der Waals surface area contributed by atoms with E-state index in [1.165, 1.54) is 212 Å². The predicted octanol–water partition coefficient (Wildman–Crippen LogP) is 21.2. The third-order valence-electron chi connectivity index (χ3n) is 19.6. The molecule has 0 aromatic rings. The number of carbonyl (C=O) groups is 2. The van der Waals surface area contributed by atoms with Gasteiger partial charge >= 0.3 is 0 Å². The number of Topliss-reactive ketones (excluding diaryl/α,β-unsaturated/α-hetero) is 2. The molecule has 0 aliphatic heterocycles. The maximum absolute atomic E-state index is 13.6. The summed E-state index contributed by atoms with van der Waals surface area (Å²) in [6.45, 7) is 38.4. The summed E-state index contributed by atoms with van der Waals surface area (Å²) in [6.07, 6.45) is 53.2. The van der Waals surface area contributed by atoms with Crippen molar-refractivity contribution in [2.75, 3.05) is 59.8 Å². The molecule has 0 bridgehead atoms. The standard InChI is InChI=1S/C73H148N3O5/c1-16-20-24-28-32-34-35-36-37-38-39-40-44-48-52-60-75(69(5,6)56-64-80-72(11,12)67(77)54-49-45-41-30-26-22-18-3)61-53-62-76(15,70(7,8)57-63-79-66-74-59-51-47-43-33-29-25-21-17-2)71(9,10)58-65-81-73(13,14)68(78)55-50-46-42-31-27-23-19-4/h74H,16-66H2,1-15H3/q+1. The van der Waals surface area contributed by atoms with Crippen LogP contribution < -0.4 is 5.32 Å². The SMILES string of the molecule is CCCCCCCCCCCCCCCCCN(CCC[N+](C)(C(C)(C)CCOCNCCCCCCCCCC)C(C)(C)CCOC(C)(C)C(=O)CCCCCCCCC)C(C)(C)CCOC(C)(C)C(=O)CCCCCCCCC. The van der Waals surface area contributed by atoms with Gasteiger partial charge in [0, 0.05) is 50.8 Å². The smallest absolute Gasteiger partial charge is 0.164 e. The third kappa shape index (κ3) is 39.5. The molecule has 0 saturated heterocycles. The zero-order chi connectivity index (χ0) is 60.6. The average molecular weight is 1150 g/mol. The van der Waals surface area contributed by atoms with Crippen LogP contribution in [0.5, 0.6) is 0 Å². The molecule has 0 aliphatic rings. The molecule has 8 heteroatoms. The number of unbranched alkanes of at least 4 members (excludes halogenated alkanes) is 33. The van der Waals surface area contributed by atoms with Crippen molar-refractivity contribution in [3.63, 3.8) is 0 Å². The summed E-state index contributed by atoms with van der Waals surface area (Å²) in [5.74, 6) is 0.482. The molecule has 1 N–H and O–H groups in total. The molecule has 1 unspecified atom stereocenters. The molecule has 0 amide bonds. The normalized spacial score (nSPS) is 13.7. The minimum Gasteiger partial charge on any atom is -0.368 e. The maximum atomic E-state index is 13.6. The number of rotatable bonds is 63. The molecule has 81 heavy (non-hydrogen) atoms. The lowest BCUT2D eigenvalue weighted by Gasteiger charge is -2.57. The van der Waals surface area contributed by atoms with Crippen LogP contribution in [0.25, 0.3) is 0 Å². The maximum Gasteiger partial charge on any atom is 0.164 e. The molecule has 0 radical (unpaired) electrons. The number of hydrogen-bond acceptors (Lipinski definition) is 7. The van der Waals surface area contributed by atoms with E-state index < -0.39 is 11.2 Å². The van der Waals surface area contributed by atoms with Crippen LogP contribution in [0.2, 0.25) is 0 Å². The van der Waals surface area contributed by atoms with Crippen LogP contribution in [-0.2, 0) is 23.8 Å². The Morgan fingerprint density at radius 3 is 1.07 bits per heavy atom. The van der Waals surface area contributed by atoms with Gasteiger partial charge in [-0.25, -0.2) is 0 Å². The molecule has 0 heterocycles. The van der Waals surface area contributed by atoms with Gasteiger partial charge in [0.2, 0.25) is 0 Å². The van der Waals surface area contributed by atoms with E-state index in [1.54, 1.807) is 0 Å². The number of hydrogen-bond donors (Lipinski definition) is 1. The molecule has 1 atom stereocenters. The molecule has 484 valence electrons. The van der Waals surface area contributed by atoms with Gasteiger partial charge in [-0.05, 0) is 114 Å². The van der Waals surface area contributed by atoms with Crippen molar-refractivity contribution < 1.29 is 28.3 Å². The van der Waals surface area contributed by atoms with Gasteiger partial charge in [0.25, 0.3) is 0 Å². The van der Waals surface area contributed by atoms with E-state index in [0.717, 1.165) is 82.0 Å². The zero-order valence-electron chi connectivity index (χ0n) is 58.0. The number of carbonyl (C=O) groups excluding carboxylic acids is 2. The lowest BCUT2D eigenvalue weighted by atomic mass is 9.84. The number of ketones is 2. The molecule has 8 nitrogen and oxygen atoms in total. The van der Waals surface area contributed by atoms with Crippen LogP contribution in [0, 0.1) is 0 Å². The molecule has 0 aliphatic carbocycles. The highest BCUT2D eigenvalue weighted by atomic mass is 16.5. The Bertz CT molecular complexity index is 1440. The van der Waals surface area contributed by atoms with Crippen LogP contribution in [0.3, 0.4) is 0 Å². The van der Waals surface area contributed by atoms with Crippen molar-refractivity contribution in [3.8, 4) is 0 Å². The summed E-state index contributed by atoms with van der Waals surface area (Å²) in [4.78, 5) is 29.9. The molecule has 0 aromatic carbocycles. The van der Waals surface area contributed by atoms with Gasteiger partial charge in [-0.15, -0.1) is 0 Å². The zero-order valence-corrected chi connectivity index (χ0v) is 58.0. The third-order valence-corrected chi connectivity index (χ3v) is 19.6. The van der Waals surface area contributed by atoms with Gasteiger partial charge in [-0.1, -0.05) is 240 Å². The van der Waals surface area contributed by atoms with Gasteiger partial charge in [0.15, 0.2) is 11.6 Å². The Hall–Kier alpha value is -0.900. The second-order valence-electron chi connectivity index (χ2n) is 28.7. The van der Waals surface area contributed by atoms with E-state index >= 15 is 0 Å². The van der Waals surface area contributed by atoms with E-state index in [1.807, 2.05) is 27.7 Å². The van der Waals surface area contributed by atoms with Crippen LogP contribution >= 0.6 is 0 Å². The second-order valence-corrected chi connectivity index (χ2v) is 28.7. The minimum atomic E-state index is -0.786. The number of quaternary nitrogens is 1. The van der Waals surface area contributed by atoms with Gasteiger partial charge in [0.1, 0.15) is 11.2 Å². The fraction of sp³-hybridized carbons (Fsp3) is 0.973. The topological polar surface area (TPSA) is 77.1 Å². The van der Waals surface area contributed by atoms with Crippen molar-refractivity contribution in [2.24, 2.45) is 0 Å². The van der Waals surface area contributed by atoms with Gasteiger partial charge in [-0.3, -0.25) is 19.8 Å². The summed E-state index contributed by atoms with van der Waals surface area (Å²) in [7, 11) is 2.50. The predicted molar refractivity (Wildman–Crippen MR) is 355 cm³/mol. The number of ether oxygens (including phenoxy) is 3. The summed E-state index contributed by atoms with van der Waals surface area (Å²) in [6, 6.07) is 0. The summed E-state index contributed by atoms with van der Waals surface area (Å²) in [5, 5.41) is 3.58. The van der Waals surface area contributed by atoms with Gasteiger partial charge in [-0.2, -0.15) is 0 Å². The van der Waals surface area contributed by atoms with E-state index in [0.29, 0.717) is 39.4 Å². The first-order valence-electron chi connectivity index (χ1n) is 35.8. The monoisotopic (exact) mass is 1150 g/mol. The van der Waals surface area contributed by atoms with Gasteiger partial charge in [0.05, 0.1) is 44.6 Å². The lowest BCUT2D eigenvalue weighted by Crippen LogP contribution is -2.70. The van der Waals surface area contributed by atoms with Crippen molar-refractivity contribution >= 4 is 11.6 Å². The lowest BCUT2D eigenvalue weighted by molar-refractivity contribution is -0.998. The van der Waals surface area contributed by atoms with E-state index in [2.05, 4.69) is 86.5 Å². The van der Waals surface area contributed by atoms with Crippen molar-refractivity contribution in [2.45, 2.75) is 401 Å². The Morgan fingerprint density at radius 2 is 0.691 bits per heavy atom. The van der Waals surface area contributed by atoms with E-state index in [-0.39, 0.29) is 28.2 Å². The molecular weight excluding hydrogens is 999 g/mol. The Kier molecular flexibility index (Phi) is 48.6. The van der Waals surface area contributed by atoms with Crippen LogP contribution in [-0.4, -0.2) is 109 Å². The van der Waals surface area contributed by atoms with Crippen LogP contribution in [0.4, 0.5) is 0 Å². The summed E-state index contributed by atoms with van der Waals surface area (Å²) >= 11 is 0. The molecular formula is C73H148N3O5+. The number of nitrogens with one attached hydrogen (secondary N) is 1. The Morgan fingerprint density at radius 1 is 0.383 bits per heavy atom. The summed E-state index contributed by atoms with van der Waals surface area (Å²) in [5.41, 5.74) is -1.85. The largest absolute Gasteiger partial charge is 0.368 e. The van der Waals surface area contributed by atoms with Crippen molar-refractivity contribution in [1.29, 1.82) is 0 Å². The Labute approximate surface area is 508 Å². The highest BCUT2D eigenvalue weighted by Gasteiger charge is 2.50. The summed E-state index contributed by atoms with van der Waals surface area (Å²) < 4.78 is 20.4. The fourth-order valence-electron chi connectivity index (χ4n) is 12.3. The fourth-order valence-corrected chi connectivity index (χ4v) is 12.3. The quantitative estimate of drug-likeness (QED) is 0.0369. The van der Waals surface area contributed by atoms with Crippen molar-refractivity contribution in [3.05, 3.63) is 0 Å². The minimum absolute atomic E-state index is 0.0840. The highest BCUT2D eigenvalue weighted by molar-refractivity contribution is 5.86. The van der Waals surface area contributed by atoms with Crippen LogP contribution in [0.15, 0.2) is 0 Å². The molecule has 0 spiro atoms. The number of nitrogens with zero attached hydrogens (tertiary/aromatic N) is 2. The first-order valence-corrected chi connectivity index (χ1v) is 35.8. The van der Waals surface area contributed by atoms with Crippen molar-refractivity contribution in [1.82, 2.24) is 10.2 Å². The first-order chi connectivity index (χ1) is 38.6. The van der Waals surface area contributed by atoms with Gasteiger partial charge < -0.3 is 18.7 Å². The van der Waals surface area contributed by atoms with E-state index in [9.17, 15) is 9.59 Å². The molecule has 0 rings (SSSR count). The molecule has 0 fully saturated rings. The second kappa shape index (κ2) is 49.1.